The van der Waals surface area contributed by atoms with Crippen LogP contribution >= 0.6 is 23.5 Å². The van der Waals surface area contributed by atoms with Crippen LogP contribution in [0.15, 0.2) is 42.5 Å². The van der Waals surface area contributed by atoms with E-state index in [0.29, 0.717) is 37.4 Å². The van der Waals surface area contributed by atoms with Crippen LogP contribution in [0.25, 0.3) is 0 Å². The van der Waals surface area contributed by atoms with E-state index >= 15 is 0 Å². The number of benzene rings is 2. The molecule has 3 rings (SSSR count). The van der Waals surface area contributed by atoms with Crippen LogP contribution in [0.1, 0.15) is 22.0 Å². The minimum absolute atomic E-state index is 0.0484. The van der Waals surface area contributed by atoms with Crippen molar-refractivity contribution in [1.82, 2.24) is 10.6 Å². The Morgan fingerprint density at radius 3 is 2.96 bits per heavy atom. The summed E-state index contributed by atoms with van der Waals surface area (Å²) >= 11 is 7.24. The predicted octanol–water partition coefficient (Wildman–Crippen LogP) is 3.88. The lowest BCUT2D eigenvalue weighted by Gasteiger charge is -2.25. The number of hydrogen-bond donors (Lipinski definition) is 3. The van der Waals surface area contributed by atoms with Gasteiger partial charge in [0, 0.05) is 31.8 Å². The second-order valence-corrected chi connectivity index (χ2v) is 7.51. The molecule has 5 nitrogen and oxygen atoms in total. The van der Waals surface area contributed by atoms with Crippen LogP contribution in [0, 0.1) is 11.7 Å². The molecule has 0 spiro atoms. The monoisotopic (exact) mass is 423 g/mol. The Bertz CT molecular complexity index is 824. The van der Waals surface area contributed by atoms with Crippen LogP contribution in [-0.2, 0) is 4.74 Å². The third kappa shape index (κ3) is 5.17. The molecule has 0 aromatic heterocycles. The van der Waals surface area contributed by atoms with Crippen LogP contribution in [0.5, 0.6) is 0 Å². The molecule has 1 heterocycles. The van der Waals surface area contributed by atoms with Crippen molar-refractivity contribution in [2.45, 2.75) is 6.10 Å². The van der Waals surface area contributed by atoms with E-state index in [1.165, 1.54) is 24.1 Å². The molecular formula is C20H23ClFN3O2S. The lowest BCUT2D eigenvalue weighted by atomic mass is 9.95. The van der Waals surface area contributed by atoms with Crippen molar-refractivity contribution in [2.24, 2.45) is 5.92 Å². The van der Waals surface area contributed by atoms with E-state index in [4.69, 9.17) is 16.3 Å². The third-order valence-corrected chi connectivity index (χ3v) is 5.32. The van der Waals surface area contributed by atoms with Crippen molar-refractivity contribution in [2.75, 3.05) is 37.2 Å². The average Bonchev–Trinajstić information content (AvgIpc) is 2.94. The van der Waals surface area contributed by atoms with Gasteiger partial charge in [-0.1, -0.05) is 41.7 Å². The quantitative estimate of drug-likeness (QED) is 0.615. The van der Waals surface area contributed by atoms with E-state index < -0.39 is 5.82 Å². The molecule has 3 N–H and O–H groups in total. The first-order valence-corrected chi connectivity index (χ1v) is 10.6. The van der Waals surface area contributed by atoms with Crippen LogP contribution in [0.3, 0.4) is 0 Å². The number of carbonyl (C=O) groups is 1. The Kier molecular flexibility index (Phi) is 7.56. The maximum absolute atomic E-state index is 13.9. The summed E-state index contributed by atoms with van der Waals surface area (Å²) in [6.45, 7) is 2.27. The van der Waals surface area contributed by atoms with Gasteiger partial charge in [-0.2, -0.15) is 0 Å². The molecule has 1 saturated heterocycles. The molecule has 1 aliphatic heterocycles. The van der Waals surface area contributed by atoms with E-state index in [0.717, 1.165) is 5.69 Å². The summed E-state index contributed by atoms with van der Waals surface area (Å²) in [4.78, 5) is 12.7. The zero-order valence-corrected chi connectivity index (χ0v) is 17.1. The number of anilines is 1. The summed E-state index contributed by atoms with van der Waals surface area (Å²) in [7, 11) is 0. The standard InChI is InChI=1S/C20H23ClFN3O2S/c1-28-25-18-5-3-2-4-15(18)20(26)24-12-14-11-23-8-9-27-19(14)13-6-7-16(21)17(22)10-13/h2-7,10,14,19,23,25H,8-9,11-12H2,1H3,(H,24,26)/t14-,19-/m0/s1. The second kappa shape index (κ2) is 10.1. The van der Waals surface area contributed by atoms with Gasteiger partial charge in [0.1, 0.15) is 5.82 Å². The molecule has 2 atom stereocenters. The Morgan fingerprint density at radius 1 is 1.36 bits per heavy atom. The lowest BCUT2D eigenvalue weighted by molar-refractivity contribution is 0.0304. The van der Waals surface area contributed by atoms with Gasteiger partial charge in [0.15, 0.2) is 0 Å². The van der Waals surface area contributed by atoms with E-state index in [2.05, 4.69) is 15.4 Å². The maximum Gasteiger partial charge on any atom is 0.253 e. The summed E-state index contributed by atoms with van der Waals surface area (Å²) in [6.07, 6.45) is 1.57. The molecule has 1 fully saturated rings. The molecule has 0 radical (unpaired) electrons. The fraction of sp³-hybridized carbons (Fsp3) is 0.350. The Morgan fingerprint density at radius 2 is 2.18 bits per heavy atom. The highest BCUT2D eigenvalue weighted by Gasteiger charge is 2.27. The normalized spacial score (nSPS) is 19.7. The van der Waals surface area contributed by atoms with Crippen molar-refractivity contribution in [3.63, 3.8) is 0 Å². The molecule has 0 unspecified atom stereocenters. The molecule has 2 aromatic rings. The summed E-state index contributed by atoms with van der Waals surface area (Å²) in [5, 5.41) is 6.38. The van der Waals surface area contributed by atoms with Gasteiger partial charge < -0.3 is 20.1 Å². The van der Waals surface area contributed by atoms with Gasteiger partial charge >= 0.3 is 0 Å². The van der Waals surface area contributed by atoms with Crippen LogP contribution in [0.2, 0.25) is 5.02 Å². The van der Waals surface area contributed by atoms with Crippen LogP contribution in [0.4, 0.5) is 10.1 Å². The Balaban J connectivity index is 1.73. The van der Waals surface area contributed by atoms with E-state index in [1.54, 1.807) is 12.1 Å². The molecule has 0 bridgehead atoms. The van der Waals surface area contributed by atoms with E-state index in [1.807, 2.05) is 24.5 Å². The number of nitrogens with one attached hydrogen (secondary N) is 3. The highest BCUT2D eigenvalue weighted by molar-refractivity contribution is 7.99. The molecule has 0 saturated carbocycles. The van der Waals surface area contributed by atoms with E-state index in [-0.39, 0.29) is 23.0 Å². The predicted molar refractivity (Wildman–Crippen MR) is 112 cm³/mol. The number of hydrogen-bond acceptors (Lipinski definition) is 5. The lowest BCUT2D eigenvalue weighted by Crippen LogP contribution is -2.36. The van der Waals surface area contributed by atoms with Gasteiger partial charge in [-0.3, -0.25) is 4.79 Å². The molecule has 1 aliphatic rings. The smallest absolute Gasteiger partial charge is 0.253 e. The van der Waals surface area contributed by atoms with Gasteiger partial charge in [0.05, 0.1) is 29.0 Å². The SMILES string of the molecule is CSNc1ccccc1C(=O)NC[C@@H]1CNCCO[C@H]1c1ccc(Cl)c(F)c1. The van der Waals surface area contributed by atoms with Gasteiger partial charge in [-0.15, -0.1) is 0 Å². The molecule has 28 heavy (non-hydrogen) atoms. The molecule has 1 amide bonds. The first-order chi connectivity index (χ1) is 13.6. The van der Waals surface area contributed by atoms with Gasteiger partial charge in [0.25, 0.3) is 5.91 Å². The fourth-order valence-corrected chi connectivity index (χ4v) is 3.74. The molecule has 2 aromatic carbocycles. The molecule has 8 heteroatoms. The van der Waals surface area contributed by atoms with E-state index in [9.17, 15) is 9.18 Å². The fourth-order valence-electron chi connectivity index (χ4n) is 3.22. The first-order valence-electron chi connectivity index (χ1n) is 9.03. The summed E-state index contributed by atoms with van der Waals surface area (Å²) in [6, 6.07) is 12.1. The summed E-state index contributed by atoms with van der Waals surface area (Å²) in [5.41, 5.74) is 2.06. The third-order valence-electron chi connectivity index (χ3n) is 4.59. The van der Waals surface area contributed by atoms with Gasteiger partial charge in [-0.05, 0) is 29.8 Å². The Labute approximate surface area is 173 Å². The van der Waals surface area contributed by atoms with Crippen molar-refractivity contribution in [1.29, 1.82) is 0 Å². The van der Waals surface area contributed by atoms with Crippen molar-refractivity contribution >= 4 is 35.1 Å². The minimum Gasteiger partial charge on any atom is -0.372 e. The average molecular weight is 424 g/mol. The zero-order chi connectivity index (χ0) is 19.9. The van der Waals surface area contributed by atoms with Crippen molar-refractivity contribution in [3.8, 4) is 0 Å². The van der Waals surface area contributed by atoms with Crippen molar-refractivity contribution < 1.29 is 13.9 Å². The number of rotatable bonds is 6. The number of carbonyl (C=O) groups excluding carboxylic acids is 1. The number of amides is 1. The molecule has 150 valence electrons. The summed E-state index contributed by atoms with van der Waals surface area (Å²) in [5.74, 6) is -0.685. The highest BCUT2D eigenvalue weighted by Crippen LogP contribution is 2.29. The van der Waals surface area contributed by atoms with Crippen molar-refractivity contribution in [3.05, 3.63) is 64.4 Å². The highest BCUT2D eigenvalue weighted by atomic mass is 35.5. The topological polar surface area (TPSA) is 62.4 Å². The maximum atomic E-state index is 13.9. The molecular weight excluding hydrogens is 401 g/mol. The number of para-hydroxylation sites is 1. The van der Waals surface area contributed by atoms with Crippen LogP contribution < -0.4 is 15.4 Å². The molecule has 0 aliphatic carbocycles. The largest absolute Gasteiger partial charge is 0.372 e. The number of ether oxygens (including phenoxy) is 1. The van der Waals surface area contributed by atoms with Gasteiger partial charge in [-0.25, -0.2) is 4.39 Å². The van der Waals surface area contributed by atoms with Crippen LogP contribution in [-0.4, -0.2) is 38.4 Å². The number of halogens is 2. The second-order valence-electron chi connectivity index (χ2n) is 6.49. The van der Waals surface area contributed by atoms with Gasteiger partial charge in [0.2, 0.25) is 0 Å². The first kappa shape index (κ1) is 20.9. The summed E-state index contributed by atoms with van der Waals surface area (Å²) < 4.78 is 23.0. The Hall–Kier alpha value is -1.80. The minimum atomic E-state index is -0.472. The zero-order valence-electron chi connectivity index (χ0n) is 15.5.